The van der Waals surface area contributed by atoms with Crippen molar-refractivity contribution in [2.45, 2.75) is 19.8 Å². The highest BCUT2D eigenvalue weighted by atomic mass is 16.5. The van der Waals surface area contributed by atoms with E-state index < -0.39 is 0 Å². The Morgan fingerprint density at radius 2 is 1.96 bits per heavy atom. The van der Waals surface area contributed by atoms with Gasteiger partial charge in [0.1, 0.15) is 6.61 Å². The number of rotatable bonds is 8. The predicted octanol–water partition coefficient (Wildman–Crippen LogP) is 2.67. The predicted molar refractivity (Wildman–Crippen MR) is 105 cm³/mol. The summed E-state index contributed by atoms with van der Waals surface area (Å²) in [4.78, 5) is 18.7. The number of aromatic nitrogens is 1. The molecule has 3 rings (SSSR count). The first-order valence-corrected chi connectivity index (χ1v) is 9.43. The lowest BCUT2D eigenvalue weighted by Gasteiger charge is -2.26. The van der Waals surface area contributed by atoms with Crippen LogP contribution >= 0.6 is 0 Å². The van der Waals surface area contributed by atoms with Crippen LogP contribution < -0.4 is 10.1 Å². The van der Waals surface area contributed by atoms with E-state index in [0.29, 0.717) is 24.6 Å². The molecule has 2 heterocycles. The van der Waals surface area contributed by atoms with Crippen LogP contribution in [0, 0.1) is 6.92 Å². The van der Waals surface area contributed by atoms with Crippen LogP contribution in [0.4, 0.5) is 5.69 Å². The van der Waals surface area contributed by atoms with Crippen molar-refractivity contribution in [3.63, 3.8) is 0 Å². The number of aryl methyl sites for hydroxylation is 2. The zero-order valence-corrected chi connectivity index (χ0v) is 15.8. The van der Waals surface area contributed by atoms with Crippen molar-refractivity contribution < 1.29 is 14.3 Å². The lowest BCUT2D eigenvalue weighted by atomic mass is 10.1. The van der Waals surface area contributed by atoms with Crippen LogP contribution in [0.2, 0.25) is 0 Å². The summed E-state index contributed by atoms with van der Waals surface area (Å²) in [6.07, 6.45) is 2.80. The molecule has 6 heteroatoms. The molecular formula is C21H27N3O3. The average molecular weight is 369 g/mol. The van der Waals surface area contributed by atoms with Gasteiger partial charge in [-0.1, -0.05) is 29.8 Å². The van der Waals surface area contributed by atoms with E-state index in [1.165, 1.54) is 5.56 Å². The van der Waals surface area contributed by atoms with Gasteiger partial charge in [-0.3, -0.25) is 9.69 Å². The van der Waals surface area contributed by atoms with Gasteiger partial charge in [-0.15, -0.1) is 0 Å². The fourth-order valence-corrected chi connectivity index (χ4v) is 2.88. The van der Waals surface area contributed by atoms with Crippen LogP contribution in [-0.2, 0) is 16.0 Å². The largest absolute Gasteiger partial charge is 0.476 e. The summed E-state index contributed by atoms with van der Waals surface area (Å²) in [6, 6.07) is 11.9. The molecular weight excluding hydrogens is 342 g/mol. The molecule has 0 radical (unpaired) electrons. The van der Waals surface area contributed by atoms with Crippen molar-refractivity contribution in [1.82, 2.24) is 9.88 Å². The highest BCUT2D eigenvalue weighted by Gasteiger charge is 2.10. The third kappa shape index (κ3) is 6.66. The lowest BCUT2D eigenvalue weighted by Crippen LogP contribution is -2.38. The smallest absolute Gasteiger partial charge is 0.224 e. The number of morpholine rings is 1. The molecule has 1 aromatic heterocycles. The molecule has 1 saturated heterocycles. The summed E-state index contributed by atoms with van der Waals surface area (Å²) in [7, 11) is 0. The van der Waals surface area contributed by atoms with E-state index in [9.17, 15) is 4.79 Å². The molecule has 0 unspecified atom stereocenters. The van der Waals surface area contributed by atoms with Gasteiger partial charge in [0.05, 0.1) is 25.1 Å². The minimum Gasteiger partial charge on any atom is -0.476 e. The Bertz CT molecular complexity index is 710. The molecule has 0 aliphatic carbocycles. The van der Waals surface area contributed by atoms with Crippen molar-refractivity contribution in [2.75, 3.05) is 44.8 Å². The quantitative estimate of drug-likeness (QED) is 0.775. The van der Waals surface area contributed by atoms with Crippen molar-refractivity contribution in [3.05, 3.63) is 53.7 Å². The first kappa shape index (κ1) is 19.3. The number of ether oxygens (including phenoxy) is 2. The number of carbonyl (C=O) groups is 1. The van der Waals surface area contributed by atoms with Gasteiger partial charge in [0, 0.05) is 32.1 Å². The number of pyridine rings is 1. The first-order chi connectivity index (χ1) is 13.2. The van der Waals surface area contributed by atoms with Gasteiger partial charge in [0.25, 0.3) is 0 Å². The highest BCUT2D eigenvalue weighted by Crippen LogP contribution is 2.13. The SMILES string of the molecule is Cc1ccc(CCC(=O)Nc2ccc(OCCN3CCOCC3)nc2)cc1. The van der Waals surface area contributed by atoms with Gasteiger partial charge in [0.2, 0.25) is 11.8 Å². The zero-order valence-electron chi connectivity index (χ0n) is 15.8. The van der Waals surface area contributed by atoms with E-state index in [2.05, 4.69) is 46.4 Å². The summed E-state index contributed by atoms with van der Waals surface area (Å²) < 4.78 is 11.0. The number of anilines is 1. The maximum atomic E-state index is 12.1. The summed E-state index contributed by atoms with van der Waals surface area (Å²) >= 11 is 0. The van der Waals surface area contributed by atoms with E-state index in [4.69, 9.17) is 9.47 Å². The van der Waals surface area contributed by atoms with Crippen LogP contribution in [0.5, 0.6) is 5.88 Å². The van der Waals surface area contributed by atoms with E-state index in [1.807, 2.05) is 6.07 Å². The van der Waals surface area contributed by atoms with Crippen LogP contribution in [0.1, 0.15) is 17.5 Å². The van der Waals surface area contributed by atoms with Crippen LogP contribution in [0.15, 0.2) is 42.6 Å². The van der Waals surface area contributed by atoms with Gasteiger partial charge in [0.15, 0.2) is 0 Å². The van der Waals surface area contributed by atoms with Crippen molar-refractivity contribution in [2.24, 2.45) is 0 Å². The second-order valence-corrected chi connectivity index (χ2v) is 6.72. The van der Waals surface area contributed by atoms with Crippen LogP contribution in [0.25, 0.3) is 0 Å². The lowest BCUT2D eigenvalue weighted by molar-refractivity contribution is -0.116. The second-order valence-electron chi connectivity index (χ2n) is 6.72. The standard InChI is InChI=1S/C21H27N3O3/c1-17-2-4-18(5-3-17)6-8-20(25)23-19-7-9-21(22-16-19)27-15-12-24-10-13-26-14-11-24/h2-5,7,9,16H,6,8,10-15H2,1H3,(H,23,25). The molecule has 0 saturated carbocycles. The Labute approximate surface area is 160 Å². The fourth-order valence-electron chi connectivity index (χ4n) is 2.88. The molecule has 27 heavy (non-hydrogen) atoms. The summed E-state index contributed by atoms with van der Waals surface area (Å²) in [6.45, 7) is 6.99. The molecule has 0 spiro atoms. The molecule has 1 N–H and O–H groups in total. The van der Waals surface area contributed by atoms with E-state index in [-0.39, 0.29) is 5.91 Å². The zero-order chi connectivity index (χ0) is 18.9. The minimum atomic E-state index is -0.0154. The molecule has 6 nitrogen and oxygen atoms in total. The molecule has 1 amide bonds. The molecule has 144 valence electrons. The number of hydrogen-bond acceptors (Lipinski definition) is 5. The topological polar surface area (TPSA) is 63.7 Å². The van der Waals surface area contributed by atoms with Crippen molar-refractivity contribution in [1.29, 1.82) is 0 Å². The number of nitrogens with one attached hydrogen (secondary N) is 1. The summed E-state index contributed by atoms with van der Waals surface area (Å²) in [5, 5.41) is 2.88. The summed E-state index contributed by atoms with van der Waals surface area (Å²) in [5.74, 6) is 0.555. The molecule has 2 aromatic rings. The number of nitrogens with zero attached hydrogens (tertiary/aromatic N) is 2. The second kappa shape index (κ2) is 10.0. The Balaban J connectivity index is 1.37. The van der Waals surface area contributed by atoms with Crippen molar-refractivity contribution in [3.8, 4) is 5.88 Å². The Morgan fingerprint density at radius 1 is 1.19 bits per heavy atom. The van der Waals surface area contributed by atoms with Gasteiger partial charge in [-0.2, -0.15) is 0 Å². The molecule has 1 aliphatic rings. The van der Waals surface area contributed by atoms with E-state index >= 15 is 0 Å². The molecule has 0 atom stereocenters. The van der Waals surface area contributed by atoms with E-state index in [0.717, 1.165) is 44.8 Å². The summed E-state index contributed by atoms with van der Waals surface area (Å²) in [5.41, 5.74) is 3.07. The fraction of sp³-hybridized carbons (Fsp3) is 0.429. The van der Waals surface area contributed by atoms with Gasteiger partial charge < -0.3 is 14.8 Å². The molecule has 1 fully saturated rings. The Kier molecular flexibility index (Phi) is 7.19. The average Bonchev–Trinajstić information content (AvgIpc) is 2.70. The van der Waals surface area contributed by atoms with Crippen molar-refractivity contribution >= 4 is 11.6 Å². The number of amides is 1. The van der Waals surface area contributed by atoms with Crippen LogP contribution in [-0.4, -0.2) is 55.2 Å². The van der Waals surface area contributed by atoms with Gasteiger partial charge in [-0.05, 0) is 25.0 Å². The molecule has 1 aliphatic heterocycles. The third-order valence-electron chi connectivity index (χ3n) is 4.54. The van der Waals surface area contributed by atoms with Gasteiger partial charge >= 0.3 is 0 Å². The monoisotopic (exact) mass is 369 g/mol. The molecule has 0 bridgehead atoms. The van der Waals surface area contributed by atoms with Crippen LogP contribution in [0.3, 0.4) is 0 Å². The van der Waals surface area contributed by atoms with Gasteiger partial charge in [-0.25, -0.2) is 4.98 Å². The third-order valence-corrected chi connectivity index (χ3v) is 4.54. The highest BCUT2D eigenvalue weighted by molar-refractivity contribution is 5.90. The normalized spacial score (nSPS) is 14.7. The number of hydrogen-bond donors (Lipinski definition) is 1. The molecule has 1 aromatic carbocycles. The first-order valence-electron chi connectivity index (χ1n) is 9.43. The minimum absolute atomic E-state index is 0.0154. The Morgan fingerprint density at radius 3 is 2.67 bits per heavy atom. The maximum Gasteiger partial charge on any atom is 0.224 e. The maximum absolute atomic E-state index is 12.1. The Hall–Kier alpha value is -2.44. The number of benzene rings is 1. The number of carbonyl (C=O) groups excluding carboxylic acids is 1. The van der Waals surface area contributed by atoms with E-state index in [1.54, 1.807) is 12.3 Å².